The third kappa shape index (κ3) is 5.19. The summed E-state index contributed by atoms with van der Waals surface area (Å²) in [4.78, 5) is 0. The van der Waals surface area contributed by atoms with Crippen LogP contribution in [0.25, 0.3) is 6.08 Å². The van der Waals surface area contributed by atoms with E-state index in [4.69, 9.17) is 5.11 Å². The number of hydrogen-bond donors (Lipinski definition) is 6. The molecule has 152 valence electrons. The highest BCUT2D eigenvalue weighted by atomic mass is 16.4. The van der Waals surface area contributed by atoms with Gasteiger partial charge in [0.15, 0.2) is 0 Å². The Labute approximate surface area is 164 Å². The molecule has 5 atom stereocenters. The number of allylic oxidation sites excluding steroid dienone is 6. The Morgan fingerprint density at radius 1 is 1.07 bits per heavy atom. The van der Waals surface area contributed by atoms with Crippen LogP contribution >= 0.6 is 0 Å². The quantitative estimate of drug-likeness (QED) is 0.394. The van der Waals surface area contributed by atoms with Crippen molar-refractivity contribution < 1.29 is 30.6 Å². The van der Waals surface area contributed by atoms with Gasteiger partial charge in [-0.3, -0.25) is 0 Å². The summed E-state index contributed by atoms with van der Waals surface area (Å²) in [7, 11) is 0. The molecule has 2 rings (SSSR count). The van der Waals surface area contributed by atoms with Crippen LogP contribution in [-0.4, -0.2) is 61.7 Å². The first-order chi connectivity index (χ1) is 13.3. The molecule has 6 nitrogen and oxygen atoms in total. The van der Waals surface area contributed by atoms with E-state index in [1.54, 1.807) is 0 Å². The van der Waals surface area contributed by atoms with Gasteiger partial charge in [0.2, 0.25) is 0 Å². The highest BCUT2D eigenvalue weighted by Crippen LogP contribution is 2.32. The van der Waals surface area contributed by atoms with Crippen molar-refractivity contribution in [2.45, 2.75) is 38.3 Å². The van der Waals surface area contributed by atoms with Gasteiger partial charge in [0.25, 0.3) is 0 Å². The fraction of sp³-hybridized carbons (Fsp3) is 0.364. The topological polar surface area (TPSA) is 121 Å². The monoisotopic (exact) mass is 388 g/mol. The third-order valence-electron chi connectivity index (χ3n) is 4.90. The summed E-state index contributed by atoms with van der Waals surface area (Å²) < 4.78 is 0. The van der Waals surface area contributed by atoms with E-state index in [0.29, 0.717) is 5.57 Å². The molecule has 1 aliphatic rings. The number of hydrogen-bond acceptors (Lipinski definition) is 6. The normalized spacial score (nSPS) is 23.6. The molecular weight excluding hydrogens is 360 g/mol. The average Bonchev–Trinajstić information content (AvgIpc) is 2.71. The van der Waals surface area contributed by atoms with Gasteiger partial charge in [0.05, 0.1) is 6.61 Å². The van der Waals surface area contributed by atoms with Crippen LogP contribution in [0.1, 0.15) is 19.4 Å². The van der Waals surface area contributed by atoms with Gasteiger partial charge in [-0.15, -0.1) is 0 Å². The van der Waals surface area contributed by atoms with Crippen molar-refractivity contribution in [2.75, 3.05) is 6.61 Å². The number of rotatable bonds is 7. The van der Waals surface area contributed by atoms with Crippen molar-refractivity contribution in [3.63, 3.8) is 0 Å². The maximum atomic E-state index is 10.2. The molecule has 1 unspecified atom stereocenters. The summed E-state index contributed by atoms with van der Waals surface area (Å²) in [6.07, 6.45) is 0.0556. The minimum atomic E-state index is -1.86. The molecule has 0 saturated carbocycles. The van der Waals surface area contributed by atoms with Crippen molar-refractivity contribution in [2.24, 2.45) is 5.92 Å². The number of aliphatic hydroxyl groups excluding tert-OH is 6. The maximum absolute atomic E-state index is 10.2. The summed E-state index contributed by atoms with van der Waals surface area (Å²) in [5, 5.41) is 58.2. The first-order valence-corrected chi connectivity index (χ1v) is 9.16. The fourth-order valence-electron chi connectivity index (χ4n) is 3.05. The molecule has 1 aliphatic carbocycles. The smallest absolute Gasteiger partial charge is 0.139 e. The molecule has 6 heteroatoms. The van der Waals surface area contributed by atoms with Crippen molar-refractivity contribution in [1.29, 1.82) is 0 Å². The van der Waals surface area contributed by atoms with E-state index >= 15 is 0 Å². The Morgan fingerprint density at radius 2 is 1.71 bits per heavy atom. The van der Waals surface area contributed by atoms with Gasteiger partial charge in [-0.05, 0) is 41.2 Å². The fourth-order valence-corrected chi connectivity index (χ4v) is 3.05. The molecule has 0 fully saturated rings. The predicted molar refractivity (Wildman–Crippen MR) is 107 cm³/mol. The lowest BCUT2D eigenvalue weighted by Crippen LogP contribution is -2.46. The Morgan fingerprint density at radius 3 is 2.32 bits per heavy atom. The Bertz CT molecular complexity index is 777. The molecule has 1 aromatic carbocycles. The van der Waals surface area contributed by atoms with E-state index in [2.05, 4.69) is 13.0 Å². The van der Waals surface area contributed by atoms with Gasteiger partial charge in [-0.2, -0.15) is 0 Å². The SMILES string of the molecule is CC1=C(C=C(O)[C@H](O)[C@@H](O)[C@H](O)[C@H](O)CO)C=CC(C)C1=Cc1ccccc1. The summed E-state index contributed by atoms with van der Waals surface area (Å²) in [6.45, 7) is 3.18. The first kappa shape index (κ1) is 22.1. The third-order valence-corrected chi connectivity index (χ3v) is 4.90. The molecule has 0 spiro atoms. The zero-order valence-electron chi connectivity index (χ0n) is 16.0. The molecule has 1 aromatic rings. The van der Waals surface area contributed by atoms with E-state index in [0.717, 1.165) is 16.7 Å². The summed E-state index contributed by atoms with van der Waals surface area (Å²) in [5.41, 5.74) is 3.66. The van der Waals surface area contributed by atoms with Gasteiger partial charge >= 0.3 is 0 Å². The van der Waals surface area contributed by atoms with Gasteiger partial charge in [0.1, 0.15) is 30.2 Å². The van der Waals surface area contributed by atoms with Crippen molar-refractivity contribution in [1.82, 2.24) is 0 Å². The lowest BCUT2D eigenvalue weighted by molar-refractivity contribution is -0.113. The second-order valence-electron chi connectivity index (χ2n) is 6.98. The highest BCUT2D eigenvalue weighted by molar-refractivity contribution is 5.63. The highest BCUT2D eigenvalue weighted by Gasteiger charge is 2.32. The van der Waals surface area contributed by atoms with Crippen LogP contribution < -0.4 is 0 Å². The van der Waals surface area contributed by atoms with E-state index in [1.165, 1.54) is 6.08 Å². The van der Waals surface area contributed by atoms with Crippen LogP contribution in [0.3, 0.4) is 0 Å². The van der Waals surface area contributed by atoms with Crippen LogP contribution in [0.2, 0.25) is 0 Å². The van der Waals surface area contributed by atoms with Crippen molar-refractivity contribution in [3.8, 4) is 0 Å². The molecule has 0 bridgehead atoms. The van der Waals surface area contributed by atoms with Crippen LogP contribution in [0.15, 0.2) is 71.0 Å². The van der Waals surface area contributed by atoms with E-state index in [1.807, 2.05) is 49.4 Å². The van der Waals surface area contributed by atoms with Crippen LogP contribution in [0, 0.1) is 5.92 Å². The maximum Gasteiger partial charge on any atom is 0.139 e. The van der Waals surface area contributed by atoms with Crippen LogP contribution in [0.4, 0.5) is 0 Å². The second-order valence-corrected chi connectivity index (χ2v) is 6.98. The molecule has 28 heavy (non-hydrogen) atoms. The Kier molecular flexibility index (Phi) is 7.74. The second kappa shape index (κ2) is 9.82. The largest absolute Gasteiger partial charge is 0.509 e. The molecular formula is C22H28O6. The molecule has 0 saturated heterocycles. The van der Waals surface area contributed by atoms with Crippen molar-refractivity contribution >= 4 is 6.08 Å². The lowest BCUT2D eigenvalue weighted by atomic mass is 9.84. The Balaban J connectivity index is 2.29. The Hall–Kier alpha value is -2.22. The van der Waals surface area contributed by atoms with E-state index in [9.17, 15) is 25.5 Å². The summed E-state index contributed by atoms with van der Waals surface area (Å²) >= 11 is 0. The predicted octanol–water partition coefficient (Wildman–Crippen LogP) is 1.47. The standard InChI is InChI=1S/C22H28O6/c1-13-8-9-16(14(2)17(13)10-15-6-4-3-5-7-15)11-18(24)20(26)22(28)21(27)19(25)12-23/h3-11,13,19-28H,12H2,1-2H3/t13?,19-,20+,21-,22-/m1/s1. The average molecular weight is 388 g/mol. The zero-order chi connectivity index (χ0) is 20.8. The van der Waals surface area contributed by atoms with Gasteiger partial charge < -0.3 is 30.6 Å². The van der Waals surface area contributed by atoms with Crippen molar-refractivity contribution in [3.05, 3.63) is 76.6 Å². The molecule has 0 aromatic heterocycles. The molecule has 0 amide bonds. The molecule has 0 aliphatic heterocycles. The summed E-state index contributed by atoms with van der Waals surface area (Å²) in [6, 6.07) is 9.82. The lowest BCUT2D eigenvalue weighted by Gasteiger charge is -2.26. The van der Waals surface area contributed by atoms with Crippen LogP contribution in [-0.2, 0) is 0 Å². The van der Waals surface area contributed by atoms with E-state index < -0.39 is 36.8 Å². The first-order valence-electron chi connectivity index (χ1n) is 9.16. The van der Waals surface area contributed by atoms with Crippen LogP contribution in [0.5, 0.6) is 0 Å². The molecule has 6 N–H and O–H groups in total. The summed E-state index contributed by atoms with van der Waals surface area (Å²) in [5.74, 6) is -0.388. The van der Waals surface area contributed by atoms with Gasteiger partial charge in [-0.1, -0.05) is 55.5 Å². The van der Waals surface area contributed by atoms with Gasteiger partial charge in [0, 0.05) is 0 Å². The number of benzene rings is 1. The van der Waals surface area contributed by atoms with E-state index in [-0.39, 0.29) is 5.92 Å². The van der Waals surface area contributed by atoms with Gasteiger partial charge in [-0.25, -0.2) is 0 Å². The molecule has 0 radical (unpaired) electrons. The molecule has 0 heterocycles. The zero-order valence-corrected chi connectivity index (χ0v) is 16.0. The minimum absolute atomic E-state index is 0.163. The minimum Gasteiger partial charge on any atom is -0.509 e. The number of aliphatic hydroxyl groups is 6.